The Morgan fingerprint density at radius 2 is 2.35 bits per heavy atom. The molecule has 0 bridgehead atoms. The molecule has 0 spiro atoms. The van der Waals surface area contributed by atoms with Gasteiger partial charge in [0.15, 0.2) is 5.11 Å². The molecule has 0 unspecified atom stereocenters. The molecule has 2 rings (SSSR count). The molecule has 1 fully saturated rings. The summed E-state index contributed by atoms with van der Waals surface area (Å²) in [5.41, 5.74) is 1.15. The fraction of sp³-hybridized carbons (Fsp3) is 0.300. The van der Waals surface area contributed by atoms with Crippen LogP contribution in [-0.2, 0) is 11.3 Å². The van der Waals surface area contributed by atoms with Crippen molar-refractivity contribution in [2.24, 2.45) is 0 Å². The zero-order valence-electron chi connectivity index (χ0n) is 9.40. The summed E-state index contributed by atoms with van der Waals surface area (Å²) in [5, 5.41) is 7.58. The molecule has 1 aromatic heterocycles. The number of rotatable bonds is 2. The van der Waals surface area contributed by atoms with Crippen molar-refractivity contribution in [1.82, 2.24) is 20.0 Å². The summed E-state index contributed by atoms with van der Waals surface area (Å²) >= 11 is 8.39. The van der Waals surface area contributed by atoms with Gasteiger partial charge in [-0.05, 0) is 41.1 Å². The van der Waals surface area contributed by atoms with Crippen LogP contribution in [0.2, 0.25) is 0 Å². The number of aryl methyl sites for hydroxylation is 1. The Hall–Kier alpha value is -1.21. The summed E-state index contributed by atoms with van der Waals surface area (Å²) in [6.45, 7) is 2.78. The van der Waals surface area contributed by atoms with Crippen molar-refractivity contribution in [3.63, 3.8) is 0 Å². The maximum Gasteiger partial charge on any atom is 0.276 e. The number of hydrogen-bond donors (Lipinski definition) is 1. The second-order valence-electron chi connectivity index (χ2n) is 3.57. The molecule has 2 heterocycles. The van der Waals surface area contributed by atoms with E-state index in [9.17, 15) is 4.79 Å². The third-order valence-electron chi connectivity index (χ3n) is 2.43. The van der Waals surface area contributed by atoms with Gasteiger partial charge in [-0.2, -0.15) is 5.10 Å². The zero-order chi connectivity index (χ0) is 12.6. The van der Waals surface area contributed by atoms with Gasteiger partial charge in [-0.1, -0.05) is 0 Å². The normalized spacial score (nSPS) is 18.1. The molecule has 17 heavy (non-hydrogen) atoms. The van der Waals surface area contributed by atoms with Gasteiger partial charge in [0, 0.05) is 19.8 Å². The van der Waals surface area contributed by atoms with Crippen molar-refractivity contribution in [1.29, 1.82) is 0 Å². The SMILES string of the molecule is CCn1cc(Br)c(/C=C2/NC(=S)N(C)C2=O)n1. The highest BCUT2D eigenvalue weighted by atomic mass is 79.9. The predicted octanol–water partition coefficient (Wildman–Crippen LogP) is 1.35. The molecule has 1 aromatic rings. The summed E-state index contributed by atoms with van der Waals surface area (Å²) in [4.78, 5) is 13.2. The molecule has 1 aliphatic rings. The number of hydrogen-bond acceptors (Lipinski definition) is 3. The molecule has 7 heteroatoms. The first-order valence-corrected chi connectivity index (χ1v) is 6.26. The third-order valence-corrected chi connectivity index (χ3v) is 3.42. The van der Waals surface area contributed by atoms with Crippen LogP contribution in [0, 0.1) is 0 Å². The topological polar surface area (TPSA) is 50.2 Å². The minimum absolute atomic E-state index is 0.145. The third kappa shape index (κ3) is 2.25. The molecule has 0 aliphatic carbocycles. The summed E-state index contributed by atoms with van der Waals surface area (Å²) < 4.78 is 2.64. The quantitative estimate of drug-likeness (QED) is 0.661. The van der Waals surface area contributed by atoms with E-state index in [2.05, 4.69) is 26.3 Å². The summed E-state index contributed by atoms with van der Waals surface area (Å²) in [5.74, 6) is -0.145. The van der Waals surface area contributed by atoms with Crippen LogP contribution < -0.4 is 5.32 Å². The Morgan fingerprint density at radius 1 is 1.65 bits per heavy atom. The Bertz CT molecular complexity index is 522. The Labute approximate surface area is 113 Å². The number of aromatic nitrogens is 2. The van der Waals surface area contributed by atoms with Crippen molar-refractivity contribution < 1.29 is 4.79 Å². The van der Waals surface area contributed by atoms with Crippen LogP contribution in [0.15, 0.2) is 16.4 Å². The predicted molar refractivity (Wildman–Crippen MR) is 72.1 cm³/mol. The second kappa shape index (κ2) is 4.58. The van der Waals surface area contributed by atoms with Gasteiger partial charge in [0.1, 0.15) is 11.4 Å². The van der Waals surface area contributed by atoms with Crippen molar-refractivity contribution in [3.05, 3.63) is 22.1 Å². The molecule has 1 aliphatic heterocycles. The number of carbonyl (C=O) groups is 1. The summed E-state index contributed by atoms with van der Waals surface area (Å²) in [6, 6.07) is 0. The molecule has 1 amide bonds. The number of carbonyl (C=O) groups excluding carboxylic acids is 1. The average molecular weight is 315 g/mol. The van der Waals surface area contributed by atoms with Crippen LogP contribution in [0.1, 0.15) is 12.6 Å². The number of amides is 1. The number of halogens is 1. The zero-order valence-corrected chi connectivity index (χ0v) is 11.8. The summed E-state index contributed by atoms with van der Waals surface area (Å²) in [7, 11) is 1.64. The molecule has 0 saturated carbocycles. The molecular weight excluding hydrogens is 304 g/mol. The largest absolute Gasteiger partial charge is 0.328 e. The van der Waals surface area contributed by atoms with Crippen LogP contribution in [-0.4, -0.2) is 32.7 Å². The van der Waals surface area contributed by atoms with E-state index in [1.165, 1.54) is 4.90 Å². The molecule has 1 N–H and O–H groups in total. The van der Waals surface area contributed by atoms with Crippen LogP contribution in [0.4, 0.5) is 0 Å². The number of thiocarbonyl (C=S) groups is 1. The van der Waals surface area contributed by atoms with Gasteiger partial charge in [0.05, 0.1) is 4.47 Å². The van der Waals surface area contributed by atoms with Gasteiger partial charge >= 0.3 is 0 Å². The standard InChI is InChI=1S/C10H11BrN4OS/c1-3-15-5-6(11)7(13-15)4-8-9(16)14(2)10(17)12-8/h4-5H,3H2,1-2H3,(H,12,17)/b8-4+. The summed E-state index contributed by atoms with van der Waals surface area (Å²) in [6.07, 6.45) is 3.56. The van der Waals surface area contributed by atoms with Gasteiger partial charge in [0.2, 0.25) is 0 Å². The molecule has 1 saturated heterocycles. The lowest BCUT2D eigenvalue weighted by atomic mass is 10.3. The average Bonchev–Trinajstić information content (AvgIpc) is 2.77. The highest BCUT2D eigenvalue weighted by Gasteiger charge is 2.27. The lowest BCUT2D eigenvalue weighted by Gasteiger charge is -2.02. The smallest absolute Gasteiger partial charge is 0.276 e. The van der Waals surface area contributed by atoms with Crippen LogP contribution in [0.25, 0.3) is 6.08 Å². The van der Waals surface area contributed by atoms with Crippen LogP contribution in [0.3, 0.4) is 0 Å². The molecule has 0 radical (unpaired) electrons. The fourth-order valence-corrected chi connectivity index (χ4v) is 2.05. The van der Waals surface area contributed by atoms with E-state index in [0.29, 0.717) is 16.5 Å². The molecule has 5 nitrogen and oxygen atoms in total. The highest BCUT2D eigenvalue weighted by Crippen LogP contribution is 2.19. The lowest BCUT2D eigenvalue weighted by Crippen LogP contribution is -2.25. The maximum atomic E-state index is 11.8. The van der Waals surface area contributed by atoms with Crippen molar-refractivity contribution in [3.8, 4) is 0 Å². The molecule has 0 atom stereocenters. The van der Waals surface area contributed by atoms with Gasteiger partial charge in [-0.3, -0.25) is 14.4 Å². The second-order valence-corrected chi connectivity index (χ2v) is 4.81. The van der Waals surface area contributed by atoms with Crippen molar-refractivity contribution in [2.75, 3.05) is 7.05 Å². The number of likely N-dealkylation sites (N-methyl/N-ethyl adjacent to an activating group) is 1. The Balaban J connectivity index is 2.33. The maximum absolute atomic E-state index is 11.8. The van der Waals surface area contributed by atoms with Crippen molar-refractivity contribution >= 4 is 45.2 Å². The van der Waals surface area contributed by atoms with Gasteiger partial charge in [-0.15, -0.1) is 0 Å². The van der Waals surface area contributed by atoms with E-state index in [1.54, 1.807) is 17.8 Å². The first-order chi connectivity index (χ1) is 8.02. The molecular formula is C10H11BrN4OS. The van der Waals surface area contributed by atoms with E-state index < -0.39 is 0 Å². The minimum Gasteiger partial charge on any atom is -0.328 e. The monoisotopic (exact) mass is 314 g/mol. The van der Waals surface area contributed by atoms with Crippen LogP contribution in [0.5, 0.6) is 0 Å². The molecule has 0 aromatic carbocycles. The van der Waals surface area contributed by atoms with Crippen molar-refractivity contribution in [2.45, 2.75) is 13.5 Å². The van der Waals surface area contributed by atoms with E-state index in [1.807, 2.05) is 13.1 Å². The Kier molecular flexibility index (Phi) is 3.30. The highest BCUT2D eigenvalue weighted by molar-refractivity contribution is 9.10. The first kappa shape index (κ1) is 12.3. The van der Waals surface area contributed by atoms with Crippen LogP contribution >= 0.6 is 28.1 Å². The minimum atomic E-state index is -0.145. The van der Waals surface area contributed by atoms with E-state index >= 15 is 0 Å². The van der Waals surface area contributed by atoms with Gasteiger partial charge < -0.3 is 5.32 Å². The Morgan fingerprint density at radius 3 is 2.82 bits per heavy atom. The fourth-order valence-electron chi connectivity index (χ4n) is 1.43. The lowest BCUT2D eigenvalue weighted by molar-refractivity contribution is -0.121. The van der Waals surface area contributed by atoms with Gasteiger partial charge in [-0.25, -0.2) is 0 Å². The first-order valence-electron chi connectivity index (χ1n) is 5.06. The molecule has 90 valence electrons. The number of nitrogens with one attached hydrogen (secondary N) is 1. The van der Waals surface area contributed by atoms with E-state index in [0.717, 1.165) is 11.0 Å². The number of nitrogens with zero attached hydrogens (tertiary/aromatic N) is 3. The van der Waals surface area contributed by atoms with E-state index in [-0.39, 0.29) is 5.91 Å². The van der Waals surface area contributed by atoms with E-state index in [4.69, 9.17) is 12.2 Å². The van der Waals surface area contributed by atoms with Gasteiger partial charge in [0.25, 0.3) is 5.91 Å².